The highest BCUT2D eigenvalue weighted by Gasteiger charge is 2.00. The van der Waals surface area contributed by atoms with Crippen molar-refractivity contribution >= 4 is 27.2 Å². The quantitative estimate of drug-likeness (QED) is 0.757. The second-order valence-corrected chi connectivity index (χ2v) is 4.21. The number of terminal acetylenes is 1. The zero-order valence-electron chi connectivity index (χ0n) is 7.87. The second-order valence-electron chi connectivity index (χ2n) is 2.97. The van der Waals surface area contributed by atoms with Crippen LogP contribution in [-0.2, 0) is 0 Å². The van der Waals surface area contributed by atoms with E-state index >= 15 is 0 Å². The lowest BCUT2D eigenvalue weighted by Gasteiger charge is -2.00. The maximum Gasteiger partial charge on any atom is 0.0907 e. The minimum Gasteiger partial charge on any atom is -0.374 e. The summed E-state index contributed by atoms with van der Waals surface area (Å²) in [6.45, 7) is 2.57. The zero-order chi connectivity index (χ0) is 9.97. The van der Waals surface area contributed by atoms with E-state index in [9.17, 15) is 0 Å². The largest absolute Gasteiger partial charge is 0.374 e. The number of fused-ring (bicyclic) bond motifs is 1. The molecule has 0 aliphatic rings. The number of aryl methyl sites for hydroxylation is 1. The summed E-state index contributed by atoms with van der Waals surface area (Å²) in [4.78, 5) is 4.38. The minimum absolute atomic E-state index is 0.559. The van der Waals surface area contributed by atoms with E-state index in [0.29, 0.717) is 6.54 Å². The summed E-state index contributed by atoms with van der Waals surface area (Å²) in [6, 6.07) is 6.09. The van der Waals surface area contributed by atoms with E-state index in [2.05, 4.69) is 22.3 Å². The molecule has 0 saturated heterocycles. The molecule has 0 aliphatic heterocycles. The number of thiazole rings is 1. The first-order valence-electron chi connectivity index (χ1n) is 4.34. The van der Waals surface area contributed by atoms with Crippen molar-refractivity contribution in [2.75, 3.05) is 11.9 Å². The smallest absolute Gasteiger partial charge is 0.0907 e. The molecular weight excluding hydrogens is 192 g/mol. The number of nitrogens with one attached hydrogen (secondary N) is 1. The maximum absolute atomic E-state index is 5.17. The van der Waals surface area contributed by atoms with E-state index in [-0.39, 0.29) is 0 Å². The minimum atomic E-state index is 0.559. The van der Waals surface area contributed by atoms with E-state index in [1.165, 1.54) is 4.70 Å². The molecule has 0 radical (unpaired) electrons. The molecule has 0 atom stereocenters. The predicted octanol–water partition coefficient (Wildman–Crippen LogP) is 2.65. The molecule has 1 aromatic heterocycles. The molecule has 2 nitrogen and oxygen atoms in total. The van der Waals surface area contributed by atoms with E-state index < -0.39 is 0 Å². The first-order valence-corrected chi connectivity index (χ1v) is 5.16. The van der Waals surface area contributed by atoms with Gasteiger partial charge in [-0.15, -0.1) is 17.8 Å². The Morgan fingerprint density at radius 2 is 2.43 bits per heavy atom. The Hall–Kier alpha value is -1.53. The van der Waals surface area contributed by atoms with Crippen LogP contribution >= 0.6 is 11.3 Å². The zero-order valence-corrected chi connectivity index (χ0v) is 8.69. The summed E-state index contributed by atoms with van der Waals surface area (Å²) in [7, 11) is 0. The number of benzene rings is 1. The fourth-order valence-electron chi connectivity index (χ4n) is 1.30. The van der Waals surface area contributed by atoms with Crippen molar-refractivity contribution in [3.63, 3.8) is 0 Å². The van der Waals surface area contributed by atoms with Gasteiger partial charge in [-0.25, -0.2) is 4.98 Å². The Bertz CT molecular complexity index is 493. The van der Waals surface area contributed by atoms with Gasteiger partial charge in [0.05, 0.1) is 21.8 Å². The van der Waals surface area contributed by atoms with Crippen LogP contribution in [0.1, 0.15) is 5.01 Å². The number of rotatable bonds is 2. The van der Waals surface area contributed by atoms with Crippen molar-refractivity contribution < 1.29 is 0 Å². The molecule has 0 aliphatic carbocycles. The van der Waals surface area contributed by atoms with Crippen LogP contribution in [0.15, 0.2) is 18.2 Å². The molecule has 3 heteroatoms. The highest BCUT2D eigenvalue weighted by molar-refractivity contribution is 7.18. The van der Waals surface area contributed by atoms with Crippen LogP contribution in [0.4, 0.5) is 5.69 Å². The van der Waals surface area contributed by atoms with E-state index in [4.69, 9.17) is 6.42 Å². The first kappa shape index (κ1) is 9.04. The van der Waals surface area contributed by atoms with E-state index in [1.54, 1.807) is 11.3 Å². The van der Waals surface area contributed by atoms with Gasteiger partial charge in [0.25, 0.3) is 0 Å². The lowest BCUT2D eigenvalue weighted by Crippen LogP contribution is -1.97. The maximum atomic E-state index is 5.17. The number of anilines is 1. The molecule has 1 N–H and O–H groups in total. The molecule has 0 saturated carbocycles. The van der Waals surface area contributed by atoms with Crippen molar-refractivity contribution in [1.29, 1.82) is 0 Å². The lowest BCUT2D eigenvalue weighted by molar-refractivity contribution is 1.34. The number of aromatic nitrogens is 1. The van der Waals surface area contributed by atoms with Crippen molar-refractivity contribution in [2.45, 2.75) is 6.92 Å². The van der Waals surface area contributed by atoms with E-state index in [1.807, 2.05) is 19.1 Å². The van der Waals surface area contributed by atoms with Crippen molar-refractivity contribution in [1.82, 2.24) is 4.98 Å². The highest BCUT2D eigenvalue weighted by Crippen LogP contribution is 2.24. The van der Waals surface area contributed by atoms with Crippen LogP contribution in [0.2, 0.25) is 0 Å². The van der Waals surface area contributed by atoms with Crippen molar-refractivity contribution in [3.05, 3.63) is 23.2 Å². The van der Waals surface area contributed by atoms with Crippen LogP contribution in [0, 0.1) is 19.3 Å². The third kappa shape index (κ3) is 1.70. The van der Waals surface area contributed by atoms with Gasteiger partial charge in [0.2, 0.25) is 0 Å². The van der Waals surface area contributed by atoms with Crippen LogP contribution < -0.4 is 5.32 Å². The number of hydrogen-bond donors (Lipinski definition) is 1. The molecule has 1 heterocycles. The highest BCUT2D eigenvalue weighted by atomic mass is 32.1. The van der Waals surface area contributed by atoms with E-state index in [0.717, 1.165) is 16.2 Å². The predicted molar refractivity (Wildman–Crippen MR) is 61.7 cm³/mol. The summed E-state index contributed by atoms with van der Waals surface area (Å²) in [6.07, 6.45) is 5.17. The van der Waals surface area contributed by atoms with Crippen LogP contribution in [0.5, 0.6) is 0 Å². The summed E-state index contributed by atoms with van der Waals surface area (Å²) >= 11 is 1.70. The summed E-state index contributed by atoms with van der Waals surface area (Å²) in [5.74, 6) is 2.55. The van der Waals surface area contributed by atoms with Crippen LogP contribution in [0.25, 0.3) is 10.2 Å². The molecule has 0 spiro atoms. The topological polar surface area (TPSA) is 24.9 Å². The molecule has 0 amide bonds. The Kier molecular flexibility index (Phi) is 2.38. The SMILES string of the molecule is C#CCNc1ccc2nc(C)sc2c1. The average molecular weight is 202 g/mol. The van der Waals surface area contributed by atoms with Gasteiger partial charge >= 0.3 is 0 Å². The standard InChI is InChI=1S/C11H10N2S/c1-3-6-12-9-4-5-10-11(7-9)14-8(2)13-10/h1,4-5,7,12H,6H2,2H3. The summed E-state index contributed by atoms with van der Waals surface area (Å²) in [5.41, 5.74) is 2.11. The lowest BCUT2D eigenvalue weighted by atomic mass is 10.3. The van der Waals surface area contributed by atoms with Gasteiger partial charge in [-0.2, -0.15) is 0 Å². The summed E-state index contributed by atoms with van der Waals surface area (Å²) < 4.78 is 1.20. The van der Waals surface area contributed by atoms with Gasteiger partial charge in [0.15, 0.2) is 0 Å². The average Bonchev–Trinajstić information content (AvgIpc) is 2.54. The van der Waals surface area contributed by atoms with Gasteiger partial charge in [0.1, 0.15) is 0 Å². The number of nitrogens with zero attached hydrogens (tertiary/aromatic N) is 1. The Morgan fingerprint density at radius 3 is 3.21 bits per heavy atom. The van der Waals surface area contributed by atoms with Gasteiger partial charge in [0, 0.05) is 5.69 Å². The molecule has 2 aromatic rings. The van der Waals surface area contributed by atoms with Crippen LogP contribution in [-0.4, -0.2) is 11.5 Å². The Balaban J connectivity index is 2.36. The molecule has 14 heavy (non-hydrogen) atoms. The van der Waals surface area contributed by atoms with Crippen LogP contribution in [0.3, 0.4) is 0 Å². The third-order valence-electron chi connectivity index (χ3n) is 1.89. The monoisotopic (exact) mass is 202 g/mol. The molecule has 0 fully saturated rings. The van der Waals surface area contributed by atoms with Gasteiger partial charge in [-0.3, -0.25) is 0 Å². The van der Waals surface area contributed by atoms with Crippen molar-refractivity contribution in [2.24, 2.45) is 0 Å². The number of hydrogen-bond acceptors (Lipinski definition) is 3. The molecule has 1 aromatic carbocycles. The molecular formula is C11H10N2S. The summed E-state index contributed by atoms with van der Waals surface area (Å²) in [5, 5.41) is 4.23. The first-order chi connectivity index (χ1) is 6.79. The fourth-order valence-corrected chi connectivity index (χ4v) is 2.17. The van der Waals surface area contributed by atoms with Gasteiger partial charge < -0.3 is 5.32 Å². The van der Waals surface area contributed by atoms with Gasteiger partial charge in [-0.05, 0) is 25.1 Å². The fraction of sp³-hybridized carbons (Fsp3) is 0.182. The normalized spacial score (nSPS) is 10.0. The molecule has 0 bridgehead atoms. The molecule has 70 valence electrons. The third-order valence-corrected chi connectivity index (χ3v) is 2.82. The Labute approximate surface area is 87.0 Å². The molecule has 2 rings (SSSR count). The Morgan fingerprint density at radius 1 is 1.57 bits per heavy atom. The molecule has 0 unspecified atom stereocenters. The van der Waals surface area contributed by atoms with Crippen molar-refractivity contribution in [3.8, 4) is 12.3 Å². The van der Waals surface area contributed by atoms with Gasteiger partial charge in [-0.1, -0.05) is 5.92 Å². The second kappa shape index (κ2) is 3.69.